The molecule has 0 radical (unpaired) electrons. The Morgan fingerprint density at radius 2 is 1.67 bits per heavy atom. The summed E-state index contributed by atoms with van der Waals surface area (Å²) in [4.78, 5) is 12.9. The molecule has 158 valence electrons. The molecule has 0 bridgehead atoms. The van der Waals surface area contributed by atoms with Crippen LogP contribution >= 0.6 is 0 Å². The summed E-state index contributed by atoms with van der Waals surface area (Å²) >= 11 is 0. The number of methoxy groups -OCH3 is 3. The Labute approximate surface area is 173 Å². The monoisotopic (exact) mass is 414 g/mol. The Bertz CT molecular complexity index is 1010. The standard InChI is InChI=1S/C22H22O8/c1-25-16-4-11(5-17(26-2)20(16)27-3)18-12-6-14-15(30-10-29-14)7-13(12)22(8-23)9-28-21(24)19(18)22/h4-7,18-19,23H,8-10H2,1-3H3/t18-,19+,22+/m1/s1. The van der Waals surface area contributed by atoms with Gasteiger partial charge in [0.2, 0.25) is 12.5 Å². The molecule has 2 aromatic carbocycles. The molecule has 8 heteroatoms. The highest BCUT2D eigenvalue weighted by atomic mass is 16.7. The highest BCUT2D eigenvalue weighted by Gasteiger charge is 2.61. The minimum absolute atomic E-state index is 0.112. The zero-order chi connectivity index (χ0) is 21.0. The lowest BCUT2D eigenvalue weighted by Gasteiger charge is -2.26. The lowest BCUT2D eigenvalue weighted by atomic mass is 9.74. The summed E-state index contributed by atoms with van der Waals surface area (Å²) in [5.74, 6) is 1.34. The van der Waals surface area contributed by atoms with E-state index in [-0.39, 0.29) is 31.9 Å². The summed E-state index contributed by atoms with van der Waals surface area (Å²) in [5.41, 5.74) is 1.68. The molecule has 3 aliphatic rings. The molecular weight excluding hydrogens is 392 g/mol. The summed E-state index contributed by atoms with van der Waals surface area (Å²) in [6, 6.07) is 7.42. The summed E-state index contributed by atoms with van der Waals surface area (Å²) in [5, 5.41) is 10.4. The molecule has 0 aromatic heterocycles. The molecule has 3 atom stereocenters. The average Bonchev–Trinajstić information content (AvgIpc) is 3.44. The zero-order valence-corrected chi connectivity index (χ0v) is 16.9. The molecule has 0 amide bonds. The van der Waals surface area contributed by atoms with Crippen LogP contribution in [0.2, 0.25) is 0 Å². The molecule has 30 heavy (non-hydrogen) atoms. The van der Waals surface area contributed by atoms with Gasteiger partial charge in [0.1, 0.15) is 6.61 Å². The minimum Gasteiger partial charge on any atom is -0.493 e. The number of ether oxygens (including phenoxy) is 6. The Morgan fingerprint density at radius 1 is 1.00 bits per heavy atom. The van der Waals surface area contributed by atoms with Crippen molar-refractivity contribution in [2.45, 2.75) is 11.3 Å². The summed E-state index contributed by atoms with van der Waals surface area (Å²) in [6.07, 6.45) is 0. The van der Waals surface area contributed by atoms with Crippen LogP contribution < -0.4 is 23.7 Å². The number of esters is 1. The second-order valence-corrected chi connectivity index (χ2v) is 7.63. The highest BCUT2D eigenvalue weighted by Crippen LogP contribution is 2.59. The van der Waals surface area contributed by atoms with Crippen LogP contribution in [-0.2, 0) is 14.9 Å². The molecule has 5 rings (SSSR count). The van der Waals surface area contributed by atoms with E-state index in [1.54, 1.807) is 14.2 Å². The third kappa shape index (κ3) is 2.34. The maximum atomic E-state index is 12.9. The lowest BCUT2D eigenvalue weighted by molar-refractivity contribution is -0.141. The van der Waals surface area contributed by atoms with E-state index in [0.717, 1.165) is 16.7 Å². The second kappa shape index (κ2) is 6.70. The van der Waals surface area contributed by atoms with Crippen LogP contribution in [0.5, 0.6) is 28.7 Å². The van der Waals surface area contributed by atoms with Gasteiger partial charge in [-0.2, -0.15) is 0 Å². The van der Waals surface area contributed by atoms with Crippen LogP contribution in [0, 0.1) is 5.92 Å². The van der Waals surface area contributed by atoms with E-state index in [1.807, 2.05) is 24.3 Å². The third-order valence-corrected chi connectivity index (χ3v) is 6.40. The van der Waals surface area contributed by atoms with Crippen molar-refractivity contribution in [3.63, 3.8) is 0 Å². The van der Waals surface area contributed by atoms with Crippen LogP contribution in [0.1, 0.15) is 22.6 Å². The van der Waals surface area contributed by atoms with Gasteiger partial charge >= 0.3 is 5.97 Å². The predicted molar refractivity (Wildman–Crippen MR) is 104 cm³/mol. The maximum Gasteiger partial charge on any atom is 0.311 e. The molecule has 1 aliphatic carbocycles. The predicted octanol–water partition coefficient (Wildman–Crippen LogP) is 1.99. The third-order valence-electron chi connectivity index (χ3n) is 6.40. The molecule has 2 aliphatic heterocycles. The largest absolute Gasteiger partial charge is 0.493 e. The van der Waals surface area contributed by atoms with E-state index in [1.165, 1.54) is 7.11 Å². The molecule has 2 heterocycles. The molecular formula is C22H22O8. The SMILES string of the molecule is COc1cc([C@@H]2c3cc4c(cc3[C@]3(CO)COC(=O)[C@H]23)OCO4)cc(OC)c1OC. The number of rotatable bonds is 5. The molecule has 8 nitrogen and oxygen atoms in total. The molecule has 1 N–H and O–H groups in total. The fourth-order valence-electron chi connectivity index (χ4n) is 5.01. The van der Waals surface area contributed by atoms with Crippen LogP contribution in [0.3, 0.4) is 0 Å². The molecule has 0 spiro atoms. The van der Waals surface area contributed by atoms with E-state index in [4.69, 9.17) is 28.4 Å². The van der Waals surface area contributed by atoms with Crippen LogP contribution in [0.4, 0.5) is 0 Å². The Balaban J connectivity index is 1.76. The van der Waals surface area contributed by atoms with E-state index in [9.17, 15) is 9.90 Å². The number of fused-ring (bicyclic) bond motifs is 4. The Hall–Kier alpha value is -3.13. The molecule has 2 aromatic rings. The second-order valence-electron chi connectivity index (χ2n) is 7.63. The summed E-state index contributed by atoms with van der Waals surface area (Å²) in [6.45, 7) is 0.0234. The van der Waals surface area contributed by atoms with Crippen molar-refractivity contribution in [2.75, 3.05) is 41.3 Å². The van der Waals surface area contributed by atoms with Gasteiger partial charge in [0.25, 0.3) is 0 Å². The number of carbonyl (C=O) groups is 1. The Kier molecular flexibility index (Phi) is 4.21. The number of cyclic esters (lactones) is 1. The van der Waals surface area contributed by atoms with Gasteiger partial charge in [0.05, 0.1) is 39.3 Å². The van der Waals surface area contributed by atoms with E-state index < -0.39 is 11.3 Å². The quantitative estimate of drug-likeness (QED) is 0.743. The number of aliphatic hydroxyl groups excluding tert-OH is 1. The van der Waals surface area contributed by atoms with Crippen molar-refractivity contribution < 1.29 is 38.3 Å². The van der Waals surface area contributed by atoms with Crippen LogP contribution in [0.25, 0.3) is 0 Å². The lowest BCUT2D eigenvalue weighted by Crippen LogP contribution is -2.37. The van der Waals surface area contributed by atoms with Crippen LogP contribution in [-0.4, -0.2) is 52.4 Å². The topological polar surface area (TPSA) is 92.7 Å². The van der Waals surface area contributed by atoms with Gasteiger partial charge in [0.15, 0.2) is 23.0 Å². The molecule has 0 saturated carbocycles. The fourth-order valence-corrected chi connectivity index (χ4v) is 5.01. The zero-order valence-electron chi connectivity index (χ0n) is 16.9. The van der Waals surface area contributed by atoms with Gasteiger partial charge in [-0.15, -0.1) is 0 Å². The number of hydrogen-bond donors (Lipinski definition) is 1. The minimum atomic E-state index is -0.849. The van der Waals surface area contributed by atoms with Gasteiger partial charge in [0, 0.05) is 5.92 Å². The first-order valence-electron chi connectivity index (χ1n) is 9.59. The number of hydrogen-bond acceptors (Lipinski definition) is 8. The fraction of sp³-hybridized carbons (Fsp3) is 0.409. The average molecular weight is 414 g/mol. The van der Waals surface area contributed by atoms with E-state index in [2.05, 4.69) is 0 Å². The first kappa shape index (κ1) is 18.9. The maximum absolute atomic E-state index is 12.9. The van der Waals surface area contributed by atoms with Gasteiger partial charge in [-0.05, 0) is 41.0 Å². The van der Waals surface area contributed by atoms with Crippen molar-refractivity contribution in [3.05, 3.63) is 41.0 Å². The van der Waals surface area contributed by atoms with E-state index >= 15 is 0 Å². The van der Waals surface area contributed by atoms with Crippen LogP contribution in [0.15, 0.2) is 24.3 Å². The summed E-state index contributed by atoms with van der Waals surface area (Å²) in [7, 11) is 4.63. The first-order chi connectivity index (χ1) is 14.6. The summed E-state index contributed by atoms with van der Waals surface area (Å²) < 4.78 is 33.0. The first-order valence-corrected chi connectivity index (χ1v) is 9.59. The van der Waals surface area contributed by atoms with Gasteiger partial charge < -0.3 is 33.5 Å². The number of carbonyl (C=O) groups excluding carboxylic acids is 1. The van der Waals surface area contributed by atoms with Crippen molar-refractivity contribution in [3.8, 4) is 28.7 Å². The molecule has 1 saturated heterocycles. The molecule has 0 unspecified atom stereocenters. The smallest absolute Gasteiger partial charge is 0.311 e. The van der Waals surface area contributed by atoms with E-state index in [0.29, 0.717) is 28.7 Å². The number of benzene rings is 2. The van der Waals surface area contributed by atoms with Gasteiger partial charge in [-0.3, -0.25) is 4.79 Å². The number of aliphatic hydroxyl groups is 1. The van der Waals surface area contributed by atoms with Crippen molar-refractivity contribution in [1.29, 1.82) is 0 Å². The van der Waals surface area contributed by atoms with Crippen molar-refractivity contribution in [2.24, 2.45) is 5.92 Å². The van der Waals surface area contributed by atoms with Crippen molar-refractivity contribution in [1.82, 2.24) is 0 Å². The van der Waals surface area contributed by atoms with Gasteiger partial charge in [-0.1, -0.05) is 0 Å². The van der Waals surface area contributed by atoms with Crippen molar-refractivity contribution >= 4 is 5.97 Å². The normalized spacial score (nSPS) is 25.5. The molecule has 1 fully saturated rings. The highest BCUT2D eigenvalue weighted by molar-refractivity contribution is 5.83. The Morgan fingerprint density at radius 3 is 2.27 bits per heavy atom. The van der Waals surface area contributed by atoms with Gasteiger partial charge in [-0.25, -0.2) is 0 Å².